The summed E-state index contributed by atoms with van der Waals surface area (Å²) in [5.74, 6) is 0.502. The Bertz CT molecular complexity index is 972. The van der Waals surface area contributed by atoms with E-state index in [-0.39, 0.29) is 43.1 Å². The Balaban J connectivity index is 1.45. The van der Waals surface area contributed by atoms with E-state index >= 15 is 0 Å². The molecule has 2 aromatic rings. The van der Waals surface area contributed by atoms with Crippen molar-refractivity contribution in [3.8, 4) is 11.5 Å². The van der Waals surface area contributed by atoms with E-state index < -0.39 is 10.0 Å². The molecule has 0 bridgehead atoms. The van der Waals surface area contributed by atoms with E-state index in [0.717, 1.165) is 0 Å². The number of para-hydroxylation sites is 1. The summed E-state index contributed by atoms with van der Waals surface area (Å²) in [6.07, 6.45) is 0.834. The molecule has 1 fully saturated rings. The molecule has 0 aromatic heterocycles. The van der Waals surface area contributed by atoms with E-state index in [9.17, 15) is 13.2 Å². The molecule has 31 heavy (non-hydrogen) atoms. The van der Waals surface area contributed by atoms with Gasteiger partial charge in [-0.2, -0.15) is 4.31 Å². The highest BCUT2D eigenvalue weighted by Gasteiger charge is 2.32. The number of esters is 1. The van der Waals surface area contributed by atoms with Crippen molar-refractivity contribution in [3.63, 3.8) is 0 Å². The summed E-state index contributed by atoms with van der Waals surface area (Å²) in [5.41, 5.74) is 0. The van der Waals surface area contributed by atoms with Crippen LogP contribution in [0.5, 0.6) is 11.5 Å². The highest BCUT2D eigenvalue weighted by atomic mass is 35.5. The Morgan fingerprint density at radius 1 is 1.03 bits per heavy atom. The third kappa shape index (κ3) is 6.12. The summed E-state index contributed by atoms with van der Waals surface area (Å²) in [7, 11) is -3.61. The van der Waals surface area contributed by atoms with Crippen LogP contribution >= 0.6 is 11.6 Å². The highest BCUT2D eigenvalue weighted by Crippen LogP contribution is 2.26. The molecule has 1 heterocycles. The predicted molar refractivity (Wildman–Crippen MR) is 117 cm³/mol. The van der Waals surface area contributed by atoms with Gasteiger partial charge in [0.15, 0.2) is 0 Å². The maximum atomic E-state index is 12.8. The zero-order valence-corrected chi connectivity index (χ0v) is 18.9. The minimum atomic E-state index is -3.61. The number of carbonyl (C=O) groups excluding carboxylic acids is 1. The van der Waals surface area contributed by atoms with E-state index in [1.165, 1.54) is 4.31 Å². The average Bonchev–Trinajstić information content (AvgIpc) is 2.78. The van der Waals surface area contributed by atoms with Crippen LogP contribution < -0.4 is 9.47 Å². The first kappa shape index (κ1) is 23.4. The van der Waals surface area contributed by atoms with Crippen molar-refractivity contribution in [3.05, 3.63) is 53.6 Å². The molecule has 1 aliphatic heterocycles. The monoisotopic (exact) mass is 467 g/mol. The second-order valence-electron chi connectivity index (χ2n) is 7.03. The SMILES string of the molecule is CCOc1ccc(S(=O)(=O)N2CCC(C(=O)OCCOc3ccccc3Cl)CC2)cc1. The molecule has 0 spiro atoms. The van der Waals surface area contributed by atoms with E-state index in [0.29, 0.717) is 36.0 Å². The van der Waals surface area contributed by atoms with Crippen molar-refractivity contribution in [2.24, 2.45) is 5.92 Å². The van der Waals surface area contributed by atoms with Crippen LogP contribution in [-0.4, -0.2) is 51.6 Å². The summed E-state index contributed by atoms with van der Waals surface area (Å²) in [4.78, 5) is 12.5. The minimum absolute atomic E-state index is 0.106. The molecule has 9 heteroatoms. The van der Waals surface area contributed by atoms with E-state index in [1.54, 1.807) is 42.5 Å². The van der Waals surface area contributed by atoms with Crippen molar-refractivity contribution >= 4 is 27.6 Å². The summed E-state index contributed by atoms with van der Waals surface area (Å²) in [6, 6.07) is 13.4. The van der Waals surface area contributed by atoms with Gasteiger partial charge in [0.25, 0.3) is 0 Å². The van der Waals surface area contributed by atoms with Crippen LogP contribution in [0.3, 0.4) is 0 Å². The summed E-state index contributed by atoms with van der Waals surface area (Å²) < 4.78 is 43.3. The number of benzene rings is 2. The van der Waals surface area contributed by atoms with Crippen LogP contribution in [0, 0.1) is 5.92 Å². The molecule has 0 radical (unpaired) electrons. The van der Waals surface area contributed by atoms with Gasteiger partial charge in [-0.1, -0.05) is 23.7 Å². The average molecular weight is 468 g/mol. The second-order valence-corrected chi connectivity index (χ2v) is 9.37. The van der Waals surface area contributed by atoms with Gasteiger partial charge < -0.3 is 14.2 Å². The van der Waals surface area contributed by atoms with Gasteiger partial charge >= 0.3 is 5.97 Å². The first-order valence-electron chi connectivity index (χ1n) is 10.2. The van der Waals surface area contributed by atoms with Crippen LogP contribution in [0.25, 0.3) is 0 Å². The summed E-state index contributed by atoms with van der Waals surface area (Å²) in [6.45, 7) is 3.22. The molecule has 2 aromatic carbocycles. The van der Waals surface area contributed by atoms with Crippen LogP contribution in [0.4, 0.5) is 0 Å². The molecule has 0 N–H and O–H groups in total. The van der Waals surface area contributed by atoms with Gasteiger partial charge in [0, 0.05) is 13.1 Å². The lowest BCUT2D eigenvalue weighted by atomic mass is 9.98. The molecule has 0 saturated carbocycles. The molecule has 7 nitrogen and oxygen atoms in total. The van der Waals surface area contributed by atoms with Gasteiger partial charge in [0.2, 0.25) is 10.0 Å². The third-order valence-electron chi connectivity index (χ3n) is 4.98. The number of hydrogen-bond acceptors (Lipinski definition) is 6. The quantitative estimate of drug-likeness (QED) is 0.412. The normalized spacial score (nSPS) is 15.4. The van der Waals surface area contributed by atoms with Crippen LogP contribution in [0.15, 0.2) is 53.4 Å². The highest BCUT2D eigenvalue weighted by molar-refractivity contribution is 7.89. The minimum Gasteiger partial charge on any atom is -0.494 e. The maximum absolute atomic E-state index is 12.8. The van der Waals surface area contributed by atoms with Gasteiger partial charge in [0.05, 0.1) is 22.4 Å². The number of sulfonamides is 1. The van der Waals surface area contributed by atoms with Gasteiger partial charge in [-0.25, -0.2) is 8.42 Å². The lowest BCUT2D eigenvalue weighted by Crippen LogP contribution is -2.40. The number of piperidine rings is 1. The van der Waals surface area contributed by atoms with Gasteiger partial charge in [-0.05, 0) is 56.2 Å². The fraction of sp³-hybridized carbons (Fsp3) is 0.409. The Morgan fingerprint density at radius 2 is 1.71 bits per heavy atom. The molecular formula is C22H26ClNO6S. The molecule has 1 aliphatic rings. The van der Waals surface area contributed by atoms with E-state index in [4.69, 9.17) is 25.8 Å². The lowest BCUT2D eigenvalue weighted by Gasteiger charge is -2.30. The van der Waals surface area contributed by atoms with Crippen LogP contribution in [0.2, 0.25) is 5.02 Å². The zero-order chi connectivity index (χ0) is 22.3. The van der Waals surface area contributed by atoms with Crippen molar-refractivity contribution in [2.45, 2.75) is 24.7 Å². The van der Waals surface area contributed by atoms with Crippen LogP contribution in [-0.2, 0) is 19.6 Å². The topological polar surface area (TPSA) is 82.1 Å². The first-order valence-corrected chi connectivity index (χ1v) is 12.0. The van der Waals surface area contributed by atoms with Crippen molar-refractivity contribution < 1.29 is 27.4 Å². The first-order chi connectivity index (χ1) is 14.9. The number of hydrogen-bond donors (Lipinski definition) is 0. The molecule has 0 amide bonds. The molecule has 1 saturated heterocycles. The third-order valence-corrected chi connectivity index (χ3v) is 7.21. The number of rotatable bonds is 9. The molecular weight excluding hydrogens is 442 g/mol. The Kier molecular flexibility index (Phi) is 8.17. The summed E-state index contributed by atoms with van der Waals surface area (Å²) in [5, 5.41) is 0.495. The second kappa shape index (κ2) is 10.8. The fourth-order valence-electron chi connectivity index (χ4n) is 3.33. The van der Waals surface area contributed by atoms with E-state index in [2.05, 4.69) is 0 Å². The number of nitrogens with zero attached hydrogens (tertiary/aromatic N) is 1. The van der Waals surface area contributed by atoms with Crippen LogP contribution in [0.1, 0.15) is 19.8 Å². The van der Waals surface area contributed by atoms with Gasteiger partial charge in [-0.15, -0.1) is 0 Å². The Hall–Kier alpha value is -2.29. The molecule has 168 valence electrons. The zero-order valence-electron chi connectivity index (χ0n) is 17.3. The van der Waals surface area contributed by atoms with Crippen molar-refractivity contribution in [1.29, 1.82) is 0 Å². The molecule has 3 rings (SSSR count). The standard InChI is InChI=1S/C22H26ClNO6S/c1-2-28-18-7-9-19(10-8-18)31(26,27)24-13-11-17(12-14-24)22(25)30-16-15-29-21-6-4-3-5-20(21)23/h3-10,17H,2,11-16H2,1H3. The number of ether oxygens (including phenoxy) is 3. The number of carbonyl (C=O) groups is 1. The van der Waals surface area contributed by atoms with Gasteiger partial charge in [-0.3, -0.25) is 4.79 Å². The summed E-state index contributed by atoms with van der Waals surface area (Å²) >= 11 is 6.01. The number of halogens is 1. The lowest BCUT2D eigenvalue weighted by molar-refractivity contribution is -0.150. The molecule has 0 aliphatic carbocycles. The Morgan fingerprint density at radius 3 is 2.35 bits per heavy atom. The fourth-order valence-corrected chi connectivity index (χ4v) is 4.99. The van der Waals surface area contributed by atoms with Crippen molar-refractivity contribution in [1.82, 2.24) is 4.31 Å². The Labute approximate surface area is 187 Å². The van der Waals surface area contributed by atoms with E-state index in [1.807, 2.05) is 13.0 Å². The smallest absolute Gasteiger partial charge is 0.309 e. The molecule has 0 unspecified atom stereocenters. The maximum Gasteiger partial charge on any atom is 0.309 e. The van der Waals surface area contributed by atoms with Crippen molar-refractivity contribution in [2.75, 3.05) is 32.9 Å². The van der Waals surface area contributed by atoms with Gasteiger partial charge in [0.1, 0.15) is 24.7 Å². The largest absolute Gasteiger partial charge is 0.494 e. The predicted octanol–water partition coefficient (Wildman–Crippen LogP) is 3.76. The molecule has 0 atom stereocenters.